The summed E-state index contributed by atoms with van der Waals surface area (Å²) in [4.78, 5) is 0. The van der Waals surface area contributed by atoms with Crippen LogP contribution in [0.5, 0.6) is 0 Å². The van der Waals surface area contributed by atoms with Crippen molar-refractivity contribution < 1.29 is 5.11 Å². The summed E-state index contributed by atoms with van der Waals surface area (Å²) in [5.74, 6) is 0. The summed E-state index contributed by atoms with van der Waals surface area (Å²) in [6.45, 7) is 5.23. The van der Waals surface area contributed by atoms with Crippen LogP contribution in [0.2, 0.25) is 0 Å². The fraction of sp³-hybridized carbons (Fsp3) is 1.00. The van der Waals surface area contributed by atoms with Gasteiger partial charge in [-0.1, -0.05) is 0 Å². The average Bonchev–Trinajstić information content (AvgIpc) is 0.722. The van der Waals surface area contributed by atoms with Crippen molar-refractivity contribution >= 4 is 18.9 Å². The topological polar surface area (TPSA) is 20.2 Å². The molecule has 0 amide bonds. The molecule has 0 aliphatic heterocycles. The first kappa shape index (κ1) is 9.75. The van der Waals surface area contributed by atoms with Gasteiger partial charge >= 0.3 is 18.9 Å². The Hall–Kier alpha value is 0.557. The summed E-state index contributed by atoms with van der Waals surface area (Å²) in [7, 11) is 0. The van der Waals surface area contributed by atoms with Crippen molar-refractivity contribution in [2.45, 2.75) is 26.4 Å². The zero-order valence-corrected chi connectivity index (χ0v) is 3.95. The summed E-state index contributed by atoms with van der Waals surface area (Å²) >= 11 is 0. The Kier molecular flexibility index (Phi) is 4.36. The van der Waals surface area contributed by atoms with Gasteiger partial charge in [0.2, 0.25) is 0 Å². The van der Waals surface area contributed by atoms with Crippen molar-refractivity contribution in [1.29, 1.82) is 0 Å². The molecule has 0 aliphatic carbocycles. The van der Waals surface area contributed by atoms with E-state index >= 15 is 0 Å². The predicted octanol–water partition coefficient (Wildman–Crippen LogP) is 0.129. The first-order valence-corrected chi connectivity index (χ1v) is 1.72. The summed E-state index contributed by atoms with van der Waals surface area (Å²) in [6, 6.07) is 0. The van der Waals surface area contributed by atoms with Crippen LogP contribution < -0.4 is 0 Å². The first-order chi connectivity index (χ1) is 2.00. The van der Waals surface area contributed by atoms with Crippen LogP contribution in [0.15, 0.2) is 0 Å². The van der Waals surface area contributed by atoms with Crippen LogP contribution in [0.4, 0.5) is 0 Å². The number of rotatable bonds is 0. The fourth-order valence-electron chi connectivity index (χ4n) is 0. The summed E-state index contributed by atoms with van der Waals surface area (Å²) < 4.78 is 0. The Morgan fingerprint density at radius 2 is 1.17 bits per heavy atom. The van der Waals surface area contributed by atoms with Crippen LogP contribution in [0, 0.1) is 0 Å². The van der Waals surface area contributed by atoms with Crippen LogP contribution in [0.25, 0.3) is 0 Å². The van der Waals surface area contributed by atoms with Gasteiger partial charge in [0.25, 0.3) is 0 Å². The second-order valence-electron chi connectivity index (χ2n) is 2.17. The van der Waals surface area contributed by atoms with Crippen molar-refractivity contribution in [3.8, 4) is 0 Å². The molecule has 6 heavy (non-hydrogen) atoms. The maximum atomic E-state index is 8.52. The molecule has 0 aliphatic rings. The summed E-state index contributed by atoms with van der Waals surface area (Å²) in [5, 5.41) is 8.52. The molecular weight excluding hydrogens is 71.0 g/mol. The first-order valence-electron chi connectivity index (χ1n) is 1.72. The second-order valence-corrected chi connectivity index (χ2v) is 2.17. The predicted molar refractivity (Wildman–Crippen MR) is 29.1 cm³/mol. The van der Waals surface area contributed by atoms with E-state index in [-0.39, 0.29) is 18.9 Å². The van der Waals surface area contributed by atoms with Gasteiger partial charge in [0.15, 0.2) is 0 Å². The minimum atomic E-state index is -0.500. The normalized spacial score (nSPS) is 10.0. The SMILES string of the molecule is CC(C)(C)O.[LiH]. The van der Waals surface area contributed by atoms with Gasteiger partial charge in [-0.15, -0.1) is 0 Å². The van der Waals surface area contributed by atoms with E-state index in [1.807, 2.05) is 0 Å². The maximum absolute atomic E-state index is 8.52. The Labute approximate surface area is 50.9 Å². The minimum absolute atomic E-state index is 0. The molecule has 0 aromatic heterocycles. The Bertz CT molecular complexity index is 23.0. The van der Waals surface area contributed by atoms with E-state index in [2.05, 4.69) is 0 Å². The van der Waals surface area contributed by atoms with E-state index in [4.69, 9.17) is 5.11 Å². The number of aliphatic hydroxyl groups is 1. The molecule has 34 valence electrons. The average molecular weight is 82.1 g/mol. The number of hydrogen-bond donors (Lipinski definition) is 1. The van der Waals surface area contributed by atoms with Crippen molar-refractivity contribution in [1.82, 2.24) is 0 Å². The van der Waals surface area contributed by atoms with E-state index in [0.29, 0.717) is 0 Å². The van der Waals surface area contributed by atoms with Crippen molar-refractivity contribution in [2.24, 2.45) is 0 Å². The Morgan fingerprint density at radius 3 is 1.17 bits per heavy atom. The second kappa shape index (κ2) is 2.68. The quantitative estimate of drug-likeness (QED) is 0.412. The molecule has 0 bridgehead atoms. The van der Waals surface area contributed by atoms with Crippen LogP contribution in [-0.2, 0) is 0 Å². The van der Waals surface area contributed by atoms with Crippen molar-refractivity contribution in [3.63, 3.8) is 0 Å². The Balaban J connectivity index is 0. The van der Waals surface area contributed by atoms with Crippen LogP contribution >= 0.6 is 0 Å². The van der Waals surface area contributed by atoms with Gasteiger partial charge in [-0.05, 0) is 20.8 Å². The summed E-state index contributed by atoms with van der Waals surface area (Å²) in [5.41, 5.74) is -0.500. The molecule has 0 unspecified atom stereocenters. The standard InChI is InChI=1S/C4H10O.Li.H/c1-4(2,3)5;;/h5H,1-3H3;;. The van der Waals surface area contributed by atoms with E-state index in [9.17, 15) is 0 Å². The molecule has 2 heteroatoms. The molecule has 0 spiro atoms. The van der Waals surface area contributed by atoms with Gasteiger partial charge in [-0.2, -0.15) is 0 Å². The zero-order chi connectivity index (χ0) is 4.50. The fourth-order valence-corrected chi connectivity index (χ4v) is 0. The molecule has 0 aromatic rings. The van der Waals surface area contributed by atoms with Crippen molar-refractivity contribution in [3.05, 3.63) is 0 Å². The zero-order valence-electron chi connectivity index (χ0n) is 3.95. The molecule has 1 N–H and O–H groups in total. The van der Waals surface area contributed by atoms with Crippen LogP contribution in [-0.4, -0.2) is 29.6 Å². The van der Waals surface area contributed by atoms with E-state index in [1.165, 1.54) is 0 Å². The van der Waals surface area contributed by atoms with E-state index < -0.39 is 5.60 Å². The Morgan fingerprint density at radius 1 is 1.17 bits per heavy atom. The molecule has 0 atom stereocenters. The van der Waals surface area contributed by atoms with Gasteiger partial charge in [-0.3, -0.25) is 0 Å². The molecule has 0 heterocycles. The molecule has 0 radical (unpaired) electrons. The molecule has 0 saturated carbocycles. The van der Waals surface area contributed by atoms with Gasteiger partial charge < -0.3 is 5.11 Å². The molecular formula is C4H11LiO. The molecule has 1 nitrogen and oxygen atoms in total. The molecule has 0 saturated heterocycles. The van der Waals surface area contributed by atoms with Gasteiger partial charge in [0.05, 0.1) is 5.60 Å². The third-order valence-corrected chi connectivity index (χ3v) is 0. The van der Waals surface area contributed by atoms with Crippen molar-refractivity contribution in [2.75, 3.05) is 0 Å². The third-order valence-electron chi connectivity index (χ3n) is 0. The van der Waals surface area contributed by atoms with Gasteiger partial charge in [0, 0.05) is 0 Å². The third kappa shape index (κ3) is 186. The van der Waals surface area contributed by atoms with E-state index in [1.54, 1.807) is 20.8 Å². The monoisotopic (exact) mass is 82.1 g/mol. The van der Waals surface area contributed by atoms with Crippen LogP contribution in [0.3, 0.4) is 0 Å². The molecule has 0 fully saturated rings. The summed E-state index contributed by atoms with van der Waals surface area (Å²) in [6.07, 6.45) is 0. The van der Waals surface area contributed by atoms with Gasteiger partial charge in [0.1, 0.15) is 0 Å². The van der Waals surface area contributed by atoms with Crippen LogP contribution in [0.1, 0.15) is 20.8 Å². The van der Waals surface area contributed by atoms with E-state index in [0.717, 1.165) is 0 Å². The van der Waals surface area contributed by atoms with Gasteiger partial charge in [-0.25, -0.2) is 0 Å². The molecule has 0 rings (SSSR count). The number of hydrogen-bond acceptors (Lipinski definition) is 1. The molecule has 0 aromatic carbocycles.